The number of carbonyl (C=O) groups excluding carboxylic acids is 1. The average molecular weight is 390 g/mol. The van der Waals surface area contributed by atoms with Crippen molar-refractivity contribution in [2.24, 2.45) is 7.05 Å². The molecule has 0 fully saturated rings. The van der Waals surface area contributed by atoms with Gasteiger partial charge in [0, 0.05) is 18.0 Å². The lowest BCUT2D eigenvalue weighted by Gasteiger charge is -2.07. The fourth-order valence-corrected chi connectivity index (χ4v) is 3.04. The molecular formula is C21H18N4O4. The average Bonchev–Trinajstić information content (AvgIpc) is 3.19. The first-order valence-corrected chi connectivity index (χ1v) is 9.01. The molecule has 2 aromatic heterocycles. The van der Waals surface area contributed by atoms with Gasteiger partial charge < -0.3 is 9.15 Å². The van der Waals surface area contributed by atoms with E-state index >= 15 is 0 Å². The van der Waals surface area contributed by atoms with E-state index in [1.54, 1.807) is 31.3 Å². The highest BCUT2D eigenvalue weighted by atomic mass is 16.5. The van der Waals surface area contributed by atoms with E-state index in [9.17, 15) is 9.59 Å². The zero-order valence-electron chi connectivity index (χ0n) is 16.0. The zero-order chi connectivity index (χ0) is 20.4. The van der Waals surface area contributed by atoms with Crippen LogP contribution in [0, 0.1) is 6.92 Å². The number of nitrogens with zero attached hydrogens (tertiary/aromatic N) is 4. The van der Waals surface area contributed by atoms with Gasteiger partial charge >= 0.3 is 5.97 Å². The normalized spacial score (nSPS) is 11.0. The van der Waals surface area contributed by atoms with E-state index in [0.717, 1.165) is 11.1 Å². The minimum Gasteiger partial charge on any atom is -0.455 e. The summed E-state index contributed by atoms with van der Waals surface area (Å²) in [6.07, 6.45) is -0.0759. The maximum Gasteiger partial charge on any atom is 0.312 e. The van der Waals surface area contributed by atoms with Crippen molar-refractivity contribution in [3.8, 4) is 11.5 Å². The third-order valence-electron chi connectivity index (χ3n) is 4.43. The molecule has 0 amide bonds. The number of ether oxygens (including phenoxy) is 1. The van der Waals surface area contributed by atoms with Gasteiger partial charge in [0.05, 0.1) is 17.5 Å². The van der Waals surface area contributed by atoms with Crippen LogP contribution in [0.25, 0.3) is 22.2 Å². The van der Waals surface area contributed by atoms with Crippen LogP contribution in [-0.2, 0) is 29.6 Å². The molecule has 0 atom stereocenters. The number of aryl methyl sites for hydroxylation is 2. The van der Waals surface area contributed by atoms with E-state index in [1.165, 1.54) is 4.68 Å². The lowest BCUT2D eigenvalue weighted by molar-refractivity contribution is -0.144. The second kappa shape index (κ2) is 7.67. The van der Waals surface area contributed by atoms with Gasteiger partial charge in [0.1, 0.15) is 0 Å². The highest BCUT2D eigenvalue weighted by molar-refractivity contribution is 5.86. The standard InChI is InChI=1S/C21H18N4O4/c1-13-6-5-7-14(10-13)20-23-22-18(29-20)12-28-19(26)11-17-15-8-3-4-9-16(15)21(27)25(2)24-17/h3-10H,11-12H2,1-2H3. The van der Waals surface area contributed by atoms with E-state index in [-0.39, 0.29) is 24.5 Å². The molecule has 0 saturated heterocycles. The van der Waals surface area contributed by atoms with Crippen molar-refractivity contribution in [3.63, 3.8) is 0 Å². The molecule has 4 aromatic rings. The van der Waals surface area contributed by atoms with Gasteiger partial charge in [-0.15, -0.1) is 10.2 Å². The Morgan fingerprint density at radius 1 is 1.10 bits per heavy atom. The van der Waals surface area contributed by atoms with Gasteiger partial charge in [0.25, 0.3) is 11.4 Å². The van der Waals surface area contributed by atoms with Gasteiger partial charge in [-0.05, 0) is 25.1 Å². The van der Waals surface area contributed by atoms with Crippen molar-refractivity contribution in [3.05, 3.63) is 76.0 Å². The second-order valence-electron chi connectivity index (χ2n) is 6.63. The van der Waals surface area contributed by atoms with Gasteiger partial charge in [-0.25, -0.2) is 4.68 Å². The van der Waals surface area contributed by atoms with E-state index in [0.29, 0.717) is 22.4 Å². The number of fused-ring (bicyclic) bond motifs is 1. The van der Waals surface area contributed by atoms with Crippen LogP contribution in [0.3, 0.4) is 0 Å². The molecule has 29 heavy (non-hydrogen) atoms. The van der Waals surface area contributed by atoms with E-state index in [2.05, 4.69) is 15.3 Å². The summed E-state index contributed by atoms with van der Waals surface area (Å²) < 4.78 is 12.1. The Kier molecular flexibility index (Phi) is 4.90. The van der Waals surface area contributed by atoms with Gasteiger partial charge in [0.2, 0.25) is 5.89 Å². The molecule has 0 aliphatic rings. The lowest BCUT2D eigenvalue weighted by atomic mass is 10.1. The molecule has 0 radical (unpaired) electrons. The summed E-state index contributed by atoms with van der Waals surface area (Å²) in [6, 6.07) is 14.7. The molecule has 8 nitrogen and oxygen atoms in total. The summed E-state index contributed by atoms with van der Waals surface area (Å²) in [5, 5.41) is 13.3. The predicted octanol–water partition coefficient (Wildman–Crippen LogP) is 2.58. The highest BCUT2D eigenvalue weighted by Gasteiger charge is 2.15. The molecule has 0 aliphatic carbocycles. The summed E-state index contributed by atoms with van der Waals surface area (Å²) in [5.41, 5.74) is 2.13. The molecule has 8 heteroatoms. The molecule has 2 aromatic carbocycles. The Hall–Kier alpha value is -3.81. The SMILES string of the molecule is Cc1cccc(-c2nnc(COC(=O)Cc3nn(C)c(=O)c4ccccc34)o2)c1. The van der Waals surface area contributed by atoms with Crippen molar-refractivity contribution < 1.29 is 13.9 Å². The number of carbonyl (C=O) groups is 1. The van der Waals surface area contributed by atoms with E-state index < -0.39 is 5.97 Å². The van der Waals surface area contributed by atoms with Gasteiger partial charge in [-0.3, -0.25) is 9.59 Å². The Morgan fingerprint density at radius 2 is 1.90 bits per heavy atom. The fraction of sp³-hybridized carbons (Fsp3) is 0.190. The number of rotatable bonds is 5. The molecule has 4 rings (SSSR count). The van der Waals surface area contributed by atoms with E-state index in [1.807, 2.05) is 31.2 Å². The van der Waals surface area contributed by atoms with Crippen molar-refractivity contribution in [2.45, 2.75) is 20.0 Å². The first-order chi connectivity index (χ1) is 14.0. The van der Waals surface area contributed by atoms with Gasteiger partial charge in [-0.1, -0.05) is 35.9 Å². The quantitative estimate of drug-likeness (QED) is 0.483. The summed E-state index contributed by atoms with van der Waals surface area (Å²) in [6.45, 7) is 1.83. The van der Waals surface area contributed by atoms with Gasteiger partial charge in [-0.2, -0.15) is 5.10 Å². The molecule has 0 unspecified atom stereocenters. The third-order valence-corrected chi connectivity index (χ3v) is 4.43. The van der Waals surface area contributed by atoms with Crippen LogP contribution in [-0.4, -0.2) is 25.9 Å². The predicted molar refractivity (Wildman–Crippen MR) is 105 cm³/mol. The molecule has 0 N–H and O–H groups in total. The Bertz CT molecular complexity index is 1260. The first-order valence-electron chi connectivity index (χ1n) is 9.01. The smallest absolute Gasteiger partial charge is 0.312 e. The van der Waals surface area contributed by atoms with E-state index in [4.69, 9.17) is 9.15 Å². The number of benzene rings is 2. The van der Waals surface area contributed by atoms with Crippen molar-refractivity contribution >= 4 is 16.7 Å². The Morgan fingerprint density at radius 3 is 2.69 bits per heavy atom. The van der Waals surface area contributed by atoms with Crippen LogP contribution in [0.5, 0.6) is 0 Å². The van der Waals surface area contributed by atoms with Crippen molar-refractivity contribution in [2.75, 3.05) is 0 Å². The molecular weight excluding hydrogens is 372 g/mol. The number of hydrogen-bond donors (Lipinski definition) is 0. The number of esters is 1. The van der Waals surface area contributed by atoms with Crippen molar-refractivity contribution in [1.82, 2.24) is 20.0 Å². The monoisotopic (exact) mass is 390 g/mol. The largest absolute Gasteiger partial charge is 0.455 e. The first kappa shape index (κ1) is 18.5. The maximum atomic E-state index is 12.3. The Balaban J connectivity index is 1.46. The minimum absolute atomic E-state index is 0.0759. The summed E-state index contributed by atoms with van der Waals surface area (Å²) in [5.74, 6) is 0.0650. The minimum atomic E-state index is -0.503. The summed E-state index contributed by atoms with van der Waals surface area (Å²) in [4.78, 5) is 24.5. The molecule has 0 bridgehead atoms. The summed E-state index contributed by atoms with van der Waals surface area (Å²) >= 11 is 0. The van der Waals surface area contributed by atoms with Crippen LogP contribution in [0.2, 0.25) is 0 Å². The Labute approximate surface area is 165 Å². The lowest BCUT2D eigenvalue weighted by Crippen LogP contribution is -2.22. The second-order valence-corrected chi connectivity index (χ2v) is 6.63. The topological polar surface area (TPSA) is 100 Å². The molecule has 0 spiro atoms. The third kappa shape index (κ3) is 3.91. The maximum absolute atomic E-state index is 12.3. The highest BCUT2D eigenvalue weighted by Crippen LogP contribution is 2.19. The molecule has 146 valence electrons. The molecule has 0 saturated carbocycles. The molecule has 0 aliphatic heterocycles. The number of aromatic nitrogens is 4. The summed E-state index contributed by atoms with van der Waals surface area (Å²) in [7, 11) is 1.55. The van der Waals surface area contributed by atoms with Crippen LogP contribution >= 0.6 is 0 Å². The van der Waals surface area contributed by atoms with Crippen LogP contribution in [0.4, 0.5) is 0 Å². The molecule has 2 heterocycles. The zero-order valence-corrected chi connectivity index (χ0v) is 16.0. The van der Waals surface area contributed by atoms with Crippen LogP contribution in [0.15, 0.2) is 57.7 Å². The fourth-order valence-electron chi connectivity index (χ4n) is 3.04. The van der Waals surface area contributed by atoms with Crippen molar-refractivity contribution in [1.29, 1.82) is 0 Å². The van der Waals surface area contributed by atoms with Crippen LogP contribution < -0.4 is 5.56 Å². The van der Waals surface area contributed by atoms with Gasteiger partial charge in [0.15, 0.2) is 6.61 Å². The van der Waals surface area contributed by atoms with Crippen LogP contribution in [0.1, 0.15) is 17.1 Å². The number of hydrogen-bond acceptors (Lipinski definition) is 7.